The summed E-state index contributed by atoms with van der Waals surface area (Å²) < 4.78 is 0. The fourth-order valence-electron chi connectivity index (χ4n) is 1.83. The topological polar surface area (TPSA) is 46.3 Å². The van der Waals surface area contributed by atoms with E-state index in [-0.39, 0.29) is 5.91 Å². The SMILES string of the molecule is CCCCCN(CCC(N)=S)C(=O)Cc1cccs1. The molecule has 19 heavy (non-hydrogen) atoms. The lowest BCUT2D eigenvalue weighted by molar-refractivity contribution is -0.130. The lowest BCUT2D eigenvalue weighted by atomic mass is 10.2. The van der Waals surface area contributed by atoms with Crippen LogP contribution in [-0.4, -0.2) is 28.9 Å². The number of thiophene rings is 1. The summed E-state index contributed by atoms with van der Waals surface area (Å²) in [7, 11) is 0. The van der Waals surface area contributed by atoms with Crippen molar-refractivity contribution < 1.29 is 4.79 Å². The van der Waals surface area contributed by atoms with Gasteiger partial charge < -0.3 is 10.6 Å². The van der Waals surface area contributed by atoms with Crippen LogP contribution < -0.4 is 5.73 Å². The van der Waals surface area contributed by atoms with Gasteiger partial charge in [-0.15, -0.1) is 11.3 Å². The molecule has 0 saturated heterocycles. The van der Waals surface area contributed by atoms with Crippen LogP contribution in [0.15, 0.2) is 17.5 Å². The van der Waals surface area contributed by atoms with E-state index in [4.69, 9.17) is 18.0 Å². The number of nitrogens with two attached hydrogens (primary N) is 1. The summed E-state index contributed by atoms with van der Waals surface area (Å²) in [5.41, 5.74) is 5.53. The maximum absolute atomic E-state index is 12.3. The molecule has 5 heteroatoms. The van der Waals surface area contributed by atoms with E-state index in [9.17, 15) is 4.79 Å². The molecule has 1 rings (SSSR count). The predicted octanol–water partition coefficient (Wildman–Crippen LogP) is 2.99. The van der Waals surface area contributed by atoms with E-state index in [1.165, 1.54) is 0 Å². The van der Waals surface area contributed by atoms with Crippen molar-refractivity contribution in [2.45, 2.75) is 39.0 Å². The van der Waals surface area contributed by atoms with Crippen molar-refractivity contribution in [3.63, 3.8) is 0 Å². The van der Waals surface area contributed by atoms with E-state index in [2.05, 4.69) is 6.92 Å². The Morgan fingerprint density at radius 1 is 1.42 bits per heavy atom. The number of unbranched alkanes of at least 4 members (excludes halogenated alkanes) is 2. The number of rotatable bonds is 9. The number of thiocarbonyl (C=S) groups is 1. The minimum Gasteiger partial charge on any atom is -0.393 e. The number of carbonyl (C=O) groups is 1. The molecule has 0 radical (unpaired) electrons. The Morgan fingerprint density at radius 3 is 2.79 bits per heavy atom. The Balaban J connectivity index is 2.49. The first kappa shape index (κ1) is 16.1. The molecule has 0 aliphatic rings. The van der Waals surface area contributed by atoms with E-state index in [0.717, 1.165) is 30.7 Å². The maximum atomic E-state index is 12.3. The van der Waals surface area contributed by atoms with Crippen molar-refractivity contribution in [3.8, 4) is 0 Å². The highest BCUT2D eigenvalue weighted by Crippen LogP contribution is 2.11. The quantitative estimate of drug-likeness (QED) is 0.563. The molecule has 0 aromatic carbocycles. The monoisotopic (exact) mass is 298 g/mol. The number of carbonyl (C=O) groups excluding carboxylic acids is 1. The normalized spacial score (nSPS) is 10.4. The maximum Gasteiger partial charge on any atom is 0.227 e. The first-order valence-electron chi connectivity index (χ1n) is 6.72. The summed E-state index contributed by atoms with van der Waals surface area (Å²) in [5, 5.41) is 2.00. The average molecular weight is 298 g/mol. The second-order valence-electron chi connectivity index (χ2n) is 4.56. The largest absolute Gasteiger partial charge is 0.393 e. The molecule has 0 spiro atoms. The third-order valence-electron chi connectivity index (χ3n) is 2.92. The third-order valence-corrected chi connectivity index (χ3v) is 4.00. The molecule has 3 nitrogen and oxygen atoms in total. The van der Waals surface area contributed by atoms with E-state index in [0.29, 0.717) is 24.4 Å². The molecule has 1 aromatic rings. The van der Waals surface area contributed by atoms with Gasteiger partial charge in [0.2, 0.25) is 5.91 Å². The van der Waals surface area contributed by atoms with Crippen LogP contribution in [0.2, 0.25) is 0 Å². The molecule has 0 bridgehead atoms. The van der Waals surface area contributed by atoms with Gasteiger partial charge in [0.05, 0.1) is 11.4 Å². The number of hydrogen-bond donors (Lipinski definition) is 1. The van der Waals surface area contributed by atoms with Crippen molar-refractivity contribution in [2.75, 3.05) is 13.1 Å². The summed E-state index contributed by atoms with van der Waals surface area (Å²) in [4.78, 5) is 15.8. The Bertz CT molecular complexity index is 390. The Kier molecular flexibility index (Phi) is 7.67. The summed E-state index contributed by atoms with van der Waals surface area (Å²) in [6.45, 7) is 3.61. The van der Waals surface area contributed by atoms with Crippen LogP contribution in [0.5, 0.6) is 0 Å². The molecule has 0 atom stereocenters. The van der Waals surface area contributed by atoms with Gasteiger partial charge in [-0.05, 0) is 17.9 Å². The van der Waals surface area contributed by atoms with Crippen molar-refractivity contribution in [1.82, 2.24) is 4.90 Å². The Morgan fingerprint density at radius 2 is 2.21 bits per heavy atom. The molecule has 1 heterocycles. The zero-order chi connectivity index (χ0) is 14.1. The summed E-state index contributed by atoms with van der Waals surface area (Å²) in [5.74, 6) is 0.176. The zero-order valence-corrected chi connectivity index (χ0v) is 13.1. The van der Waals surface area contributed by atoms with Crippen molar-refractivity contribution >= 4 is 34.5 Å². The number of amides is 1. The third kappa shape index (κ3) is 6.68. The van der Waals surface area contributed by atoms with Crippen LogP contribution in [-0.2, 0) is 11.2 Å². The molecule has 106 valence electrons. The van der Waals surface area contributed by atoms with Crippen LogP contribution in [0.3, 0.4) is 0 Å². The molecule has 0 unspecified atom stereocenters. The second-order valence-corrected chi connectivity index (χ2v) is 6.12. The molecular formula is C14H22N2OS2. The molecule has 0 aliphatic heterocycles. The fourth-order valence-corrected chi connectivity index (χ4v) is 2.62. The van der Waals surface area contributed by atoms with E-state index < -0.39 is 0 Å². The minimum absolute atomic E-state index is 0.176. The van der Waals surface area contributed by atoms with Gasteiger partial charge >= 0.3 is 0 Å². The van der Waals surface area contributed by atoms with E-state index >= 15 is 0 Å². The first-order valence-corrected chi connectivity index (χ1v) is 8.00. The molecule has 2 N–H and O–H groups in total. The molecule has 0 aliphatic carbocycles. The summed E-state index contributed by atoms with van der Waals surface area (Å²) in [6, 6.07) is 3.98. The van der Waals surface area contributed by atoms with E-state index in [1.807, 2.05) is 22.4 Å². The second kappa shape index (κ2) is 9.04. The van der Waals surface area contributed by atoms with Gasteiger partial charge in [-0.1, -0.05) is 38.0 Å². The van der Waals surface area contributed by atoms with Crippen LogP contribution in [0.25, 0.3) is 0 Å². The van der Waals surface area contributed by atoms with Crippen molar-refractivity contribution in [3.05, 3.63) is 22.4 Å². The fraction of sp³-hybridized carbons (Fsp3) is 0.571. The highest BCUT2D eigenvalue weighted by Gasteiger charge is 2.14. The van der Waals surface area contributed by atoms with E-state index in [1.54, 1.807) is 11.3 Å². The molecule has 1 aromatic heterocycles. The van der Waals surface area contributed by atoms with Gasteiger partial charge in [-0.3, -0.25) is 4.79 Å². The summed E-state index contributed by atoms with van der Waals surface area (Å²) in [6.07, 6.45) is 4.45. The van der Waals surface area contributed by atoms with Crippen LogP contribution in [0, 0.1) is 0 Å². The highest BCUT2D eigenvalue weighted by molar-refractivity contribution is 7.80. The van der Waals surface area contributed by atoms with Crippen LogP contribution in [0.4, 0.5) is 0 Å². The van der Waals surface area contributed by atoms with Crippen molar-refractivity contribution in [2.24, 2.45) is 5.73 Å². The van der Waals surface area contributed by atoms with Gasteiger partial charge in [-0.2, -0.15) is 0 Å². The first-order chi connectivity index (χ1) is 9.13. The molecule has 1 amide bonds. The van der Waals surface area contributed by atoms with Crippen LogP contribution >= 0.6 is 23.6 Å². The molecule has 0 fully saturated rings. The van der Waals surface area contributed by atoms with Gasteiger partial charge in [-0.25, -0.2) is 0 Å². The molecule has 0 saturated carbocycles. The smallest absolute Gasteiger partial charge is 0.227 e. The Labute approximate surface area is 124 Å². The van der Waals surface area contributed by atoms with Crippen molar-refractivity contribution in [1.29, 1.82) is 0 Å². The lowest BCUT2D eigenvalue weighted by Crippen LogP contribution is -2.35. The minimum atomic E-state index is 0.176. The van der Waals surface area contributed by atoms with Gasteiger partial charge in [0, 0.05) is 24.4 Å². The Hall–Kier alpha value is -0.940. The van der Waals surface area contributed by atoms with Crippen LogP contribution in [0.1, 0.15) is 37.5 Å². The molecular weight excluding hydrogens is 276 g/mol. The van der Waals surface area contributed by atoms with Gasteiger partial charge in [0.25, 0.3) is 0 Å². The highest BCUT2D eigenvalue weighted by atomic mass is 32.1. The van der Waals surface area contributed by atoms with Gasteiger partial charge in [0.15, 0.2) is 0 Å². The standard InChI is InChI=1S/C14H22N2OS2/c1-2-3-4-8-16(9-7-13(15)18)14(17)11-12-6-5-10-19-12/h5-6,10H,2-4,7-9,11H2,1H3,(H2,15,18). The van der Waals surface area contributed by atoms with Gasteiger partial charge in [0.1, 0.15) is 0 Å². The lowest BCUT2D eigenvalue weighted by Gasteiger charge is -2.22. The summed E-state index contributed by atoms with van der Waals surface area (Å²) >= 11 is 6.52. The average Bonchev–Trinajstić information content (AvgIpc) is 2.85. The number of hydrogen-bond acceptors (Lipinski definition) is 3. The zero-order valence-electron chi connectivity index (χ0n) is 11.4. The number of nitrogens with zero attached hydrogens (tertiary/aromatic N) is 1. The predicted molar refractivity (Wildman–Crippen MR) is 85.5 cm³/mol.